The number of rotatable bonds is 5. The first-order chi connectivity index (χ1) is 11.3. The van der Waals surface area contributed by atoms with E-state index < -0.39 is 0 Å². The molecule has 1 fully saturated rings. The number of anilines is 1. The second kappa shape index (κ2) is 7.13. The van der Waals surface area contributed by atoms with Gasteiger partial charge in [-0.2, -0.15) is 0 Å². The molecule has 0 aliphatic carbocycles. The van der Waals surface area contributed by atoms with Crippen molar-refractivity contribution in [3.05, 3.63) is 54.2 Å². The largest absolute Gasteiger partial charge is 0.480 e. The highest BCUT2D eigenvalue weighted by Crippen LogP contribution is 2.25. The highest BCUT2D eigenvalue weighted by molar-refractivity contribution is 5.96. The molecular formula is C18H21N3O2. The quantitative estimate of drug-likeness (QED) is 0.922. The molecule has 1 unspecified atom stereocenters. The minimum absolute atomic E-state index is 0.144. The number of hydrogen-bond acceptors (Lipinski definition) is 4. The summed E-state index contributed by atoms with van der Waals surface area (Å²) in [5.74, 6) is 0.214. The number of hydrogen-bond donors (Lipinski definition) is 1. The third kappa shape index (κ3) is 3.44. The monoisotopic (exact) mass is 311 g/mol. The molecule has 5 nitrogen and oxygen atoms in total. The Kier molecular flexibility index (Phi) is 4.76. The normalized spacial score (nSPS) is 17.1. The fourth-order valence-electron chi connectivity index (χ4n) is 3.04. The van der Waals surface area contributed by atoms with Crippen LogP contribution in [0.1, 0.15) is 23.2 Å². The van der Waals surface area contributed by atoms with Crippen molar-refractivity contribution in [2.24, 2.45) is 0 Å². The maximum atomic E-state index is 12.4. The Hall–Kier alpha value is -2.56. The number of carbonyl (C=O) groups is 1. The molecule has 0 bridgehead atoms. The maximum Gasteiger partial charge on any atom is 0.256 e. The summed E-state index contributed by atoms with van der Waals surface area (Å²) in [5.41, 5.74) is 1.68. The molecule has 1 aromatic carbocycles. The number of para-hydroxylation sites is 1. The van der Waals surface area contributed by atoms with Gasteiger partial charge >= 0.3 is 0 Å². The van der Waals surface area contributed by atoms with E-state index in [0.29, 0.717) is 24.0 Å². The van der Waals surface area contributed by atoms with Crippen molar-refractivity contribution in [1.82, 2.24) is 10.3 Å². The zero-order chi connectivity index (χ0) is 16.1. The van der Waals surface area contributed by atoms with Gasteiger partial charge in [-0.25, -0.2) is 4.98 Å². The summed E-state index contributed by atoms with van der Waals surface area (Å²) in [6.07, 6.45) is 3.84. The van der Waals surface area contributed by atoms with E-state index in [0.717, 1.165) is 19.4 Å². The van der Waals surface area contributed by atoms with E-state index in [1.54, 1.807) is 18.3 Å². The molecule has 1 saturated heterocycles. The summed E-state index contributed by atoms with van der Waals surface area (Å²) in [7, 11) is 1.52. The van der Waals surface area contributed by atoms with Gasteiger partial charge in [0.25, 0.3) is 5.91 Å². The lowest BCUT2D eigenvalue weighted by atomic mass is 10.2. The lowest BCUT2D eigenvalue weighted by Gasteiger charge is -2.27. The molecule has 5 heteroatoms. The first kappa shape index (κ1) is 15.3. The van der Waals surface area contributed by atoms with Gasteiger partial charge in [-0.3, -0.25) is 4.79 Å². The van der Waals surface area contributed by atoms with Crippen LogP contribution in [0.25, 0.3) is 0 Å². The lowest BCUT2D eigenvalue weighted by molar-refractivity contribution is 0.0947. The predicted molar refractivity (Wildman–Crippen MR) is 89.9 cm³/mol. The van der Waals surface area contributed by atoms with E-state index in [-0.39, 0.29) is 5.91 Å². The summed E-state index contributed by atoms with van der Waals surface area (Å²) in [6, 6.07) is 14.1. The average Bonchev–Trinajstić information content (AvgIpc) is 3.09. The van der Waals surface area contributed by atoms with Gasteiger partial charge in [-0.05, 0) is 37.1 Å². The molecule has 3 rings (SSSR count). The number of carbonyl (C=O) groups excluding carboxylic acids is 1. The number of ether oxygens (including phenoxy) is 1. The number of methoxy groups -OCH3 is 1. The molecule has 2 aromatic rings. The van der Waals surface area contributed by atoms with Crippen LogP contribution < -0.4 is 15.0 Å². The summed E-state index contributed by atoms with van der Waals surface area (Å²) >= 11 is 0. The Morgan fingerprint density at radius 1 is 1.30 bits per heavy atom. The molecule has 1 aromatic heterocycles. The number of benzene rings is 1. The molecule has 0 radical (unpaired) electrons. The third-order valence-electron chi connectivity index (χ3n) is 4.17. The highest BCUT2D eigenvalue weighted by Gasteiger charge is 2.25. The van der Waals surface area contributed by atoms with Crippen molar-refractivity contribution in [1.29, 1.82) is 0 Å². The topological polar surface area (TPSA) is 54.5 Å². The van der Waals surface area contributed by atoms with Crippen molar-refractivity contribution < 1.29 is 9.53 Å². The van der Waals surface area contributed by atoms with Crippen LogP contribution in [0.2, 0.25) is 0 Å². The Balaban J connectivity index is 1.64. The first-order valence-corrected chi connectivity index (χ1v) is 7.88. The van der Waals surface area contributed by atoms with E-state index in [1.807, 2.05) is 18.2 Å². The SMILES string of the molecule is COc1ncccc1C(=O)NCC1CCCN1c1ccccc1. The number of amides is 1. The summed E-state index contributed by atoms with van der Waals surface area (Å²) < 4.78 is 5.15. The van der Waals surface area contributed by atoms with Crippen LogP contribution in [-0.2, 0) is 0 Å². The third-order valence-corrected chi connectivity index (χ3v) is 4.17. The van der Waals surface area contributed by atoms with E-state index in [1.165, 1.54) is 12.8 Å². The summed E-state index contributed by atoms with van der Waals surface area (Å²) in [5, 5.41) is 3.01. The van der Waals surface area contributed by atoms with E-state index in [9.17, 15) is 4.79 Å². The molecular weight excluding hydrogens is 290 g/mol. The van der Waals surface area contributed by atoms with Gasteiger partial charge in [0.2, 0.25) is 5.88 Å². The van der Waals surface area contributed by atoms with Gasteiger partial charge in [0.1, 0.15) is 5.56 Å². The smallest absolute Gasteiger partial charge is 0.256 e. The predicted octanol–water partition coefficient (Wildman–Crippen LogP) is 2.49. The minimum Gasteiger partial charge on any atom is -0.480 e. The van der Waals surface area contributed by atoms with Gasteiger partial charge in [-0.1, -0.05) is 18.2 Å². The van der Waals surface area contributed by atoms with Gasteiger partial charge in [0, 0.05) is 31.0 Å². The maximum absolute atomic E-state index is 12.4. The summed E-state index contributed by atoms with van der Waals surface area (Å²) in [4.78, 5) is 18.8. The van der Waals surface area contributed by atoms with Crippen LogP contribution in [0, 0.1) is 0 Å². The van der Waals surface area contributed by atoms with Crippen LogP contribution in [0.4, 0.5) is 5.69 Å². The molecule has 1 aliphatic heterocycles. The average molecular weight is 311 g/mol. The summed E-state index contributed by atoms with van der Waals surface area (Å²) in [6.45, 7) is 1.65. The van der Waals surface area contributed by atoms with Crippen LogP contribution in [-0.4, -0.2) is 37.1 Å². The molecule has 1 N–H and O–H groups in total. The Morgan fingerprint density at radius 2 is 2.13 bits per heavy atom. The standard InChI is InChI=1S/C18H21N3O2/c1-23-18-16(10-5-11-19-18)17(22)20-13-15-9-6-12-21(15)14-7-3-2-4-8-14/h2-5,7-8,10-11,15H,6,9,12-13H2,1H3,(H,20,22). The Labute approximate surface area is 136 Å². The molecule has 0 spiro atoms. The van der Waals surface area contributed by atoms with Crippen molar-refractivity contribution in [2.45, 2.75) is 18.9 Å². The van der Waals surface area contributed by atoms with Crippen molar-refractivity contribution >= 4 is 11.6 Å². The number of pyridine rings is 1. The van der Waals surface area contributed by atoms with Crippen molar-refractivity contribution in [3.8, 4) is 5.88 Å². The fourth-order valence-corrected chi connectivity index (χ4v) is 3.04. The molecule has 1 amide bonds. The zero-order valence-corrected chi connectivity index (χ0v) is 13.2. The first-order valence-electron chi connectivity index (χ1n) is 7.88. The zero-order valence-electron chi connectivity index (χ0n) is 13.2. The minimum atomic E-state index is -0.144. The lowest BCUT2D eigenvalue weighted by Crippen LogP contribution is -2.40. The molecule has 1 atom stereocenters. The molecule has 2 heterocycles. The van der Waals surface area contributed by atoms with Gasteiger partial charge in [0.05, 0.1) is 7.11 Å². The van der Waals surface area contributed by atoms with Gasteiger partial charge < -0.3 is 15.0 Å². The van der Waals surface area contributed by atoms with Gasteiger partial charge in [0.15, 0.2) is 0 Å². The van der Waals surface area contributed by atoms with E-state index in [2.05, 4.69) is 27.3 Å². The molecule has 0 saturated carbocycles. The Bertz CT molecular complexity index is 660. The van der Waals surface area contributed by atoms with Crippen LogP contribution in [0.5, 0.6) is 5.88 Å². The number of nitrogens with one attached hydrogen (secondary N) is 1. The van der Waals surface area contributed by atoms with Gasteiger partial charge in [-0.15, -0.1) is 0 Å². The van der Waals surface area contributed by atoms with Crippen LogP contribution >= 0.6 is 0 Å². The fraction of sp³-hybridized carbons (Fsp3) is 0.333. The molecule has 1 aliphatic rings. The molecule has 23 heavy (non-hydrogen) atoms. The van der Waals surface area contributed by atoms with Crippen molar-refractivity contribution in [2.75, 3.05) is 25.1 Å². The number of nitrogens with zero attached hydrogens (tertiary/aromatic N) is 2. The highest BCUT2D eigenvalue weighted by atomic mass is 16.5. The second-order valence-corrected chi connectivity index (χ2v) is 5.60. The van der Waals surface area contributed by atoms with Crippen LogP contribution in [0.3, 0.4) is 0 Å². The number of aromatic nitrogens is 1. The second-order valence-electron chi connectivity index (χ2n) is 5.60. The van der Waals surface area contributed by atoms with Crippen LogP contribution in [0.15, 0.2) is 48.7 Å². The Morgan fingerprint density at radius 3 is 2.91 bits per heavy atom. The van der Waals surface area contributed by atoms with E-state index >= 15 is 0 Å². The van der Waals surface area contributed by atoms with Crippen molar-refractivity contribution in [3.63, 3.8) is 0 Å². The molecule has 120 valence electrons. The van der Waals surface area contributed by atoms with E-state index in [4.69, 9.17) is 4.74 Å².